The van der Waals surface area contributed by atoms with Gasteiger partial charge in [0.25, 0.3) is 11.5 Å². The van der Waals surface area contributed by atoms with Crippen molar-refractivity contribution in [2.75, 3.05) is 32.9 Å². The predicted molar refractivity (Wildman–Crippen MR) is 127 cm³/mol. The zero-order valence-electron chi connectivity index (χ0n) is 18.5. The van der Waals surface area contributed by atoms with Crippen molar-refractivity contribution in [1.29, 1.82) is 5.26 Å². The SMILES string of the molecule is CCOc1ccc(-n2c(=O)/c(=C\c3ccc(F)cc3)s/c2=C(/C#N)C(=O)N2CCOCC2)cc1. The van der Waals surface area contributed by atoms with Gasteiger partial charge in [0, 0.05) is 13.1 Å². The lowest BCUT2D eigenvalue weighted by Gasteiger charge is -2.26. The number of nitrogens with zero attached hydrogens (tertiary/aromatic N) is 3. The highest BCUT2D eigenvalue weighted by Crippen LogP contribution is 2.14. The lowest BCUT2D eigenvalue weighted by atomic mass is 10.2. The highest BCUT2D eigenvalue weighted by molar-refractivity contribution is 7.07. The van der Waals surface area contributed by atoms with Crippen LogP contribution in [0.1, 0.15) is 12.5 Å². The second-order valence-electron chi connectivity index (χ2n) is 7.43. The molecule has 1 amide bonds. The van der Waals surface area contributed by atoms with E-state index in [1.807, 2.05) is 13.0 Å². The topological polar surface area (TPSA) is 84.6 Å². The van der Waals surface area contributed by atoms with Crippen molar-refractivity contribution >= 4 is 28.9 Å². The first-order valence-electron chi connectivity index (χ1n) is 10.8. The number of carbonyl (C=O) groups is 1. The van der Waals surface area contributed by atoms with Crippen molar-refractivity contribution in [3.8, 4) is 17.5 Å². The van der Waals surface area contributed by atoms with Gasteiger partial charge in [0.2, 0.25) is 0 Å². The van der Waals surface area contributed by atoms with Crippen molar-refractivity contribution in [1.82, 2.24) is 9.47 Å². The molecule has 1 aromatic heterocycles. The number of aromatic nitrogens is 1. The van der Waals surface area contributed by atoms with Crippen LogP contribution in [0.4, 0.5) is 4.39 Å². The van der Waals surface area contributed by atoms with Crippen LogP contribution in [0.3, 0.4) is 0 Å². The molecule has 1 aliphatic heterocycles. The van der Waals surface area contributed by atoms with Crippen molar-refractivity contribution in [2.24, 2.45) is 0 Å². The summed E-state index contributed by atoms with van der Waals surface area (Å²) >= 11 is 1.05. The smallest absolute Gasteiger partial charge is 0.273 e. The summed E-state index contributed by atoms with van der Waals surface area (Å²) in [5.41, 5.74) is 0.636. The molecule has 0 spiro atoms. The highest BCUT2D eigenvalue weighted by atomic mass is 32.1. The summed E-state index contributed by atoms with van der Waals surface area (Å²) in [6.07, 6.45) is 1.62. The fraction of sp³-hybridized carbons (Fsp3) is 0.240. The van der Waals surface area contributed by atoms with Crippen LogP contribution in [-0.2, 0) is 9.53 Å². The van der Waals surface area contributed by atoms with Crippen LogP contribution in [0.25, 0.3) is 17.3 Å². The maximum Gasteiger partial charge on any atom is 0.273 e. The summed E-state index contributed by atoms with van der Waals surface area (Å²) in [4.78, 5) is 28.2. The molecule has 174 valence electrons. The van der Waals surface area contributed by atoms with Gasteiger partial charge in [0.05, 0.1) is 30.0 Å². The number of rotatable bonds is 5. The number of hydrogen-bond donors (Lipinski definition) is 0. The predicted octanol–water partition coefficient (Wildman–Crippen LogP) is 1.80. The third-order valence-corrected chi connectivity index (χ3v) is 6.33. The fourth-order valence-corrected chi connectivity index (χ4v) is 4.66. The molecule has 3 aromatic rings. The number of benzene rings is 2. The molecule has 1 fully saturated rings. The first-order valence-corrected chi connectivity index (χ1v) is 11.6. The van der Waals surface area contributed by atoms with Crippen LogP contribution in [0.5, 0.6) is 5.75 Å². The monoisotopic (exact) mass is 479 g/mol. The van der Waals surface area contributed by atoms with Gasteiger partial charge in [-0.3, -0.25) is 14.2 Å². The molecule has 1 saturated heterocycles. The van der Waals surface area contributed by atoms with E-state index in [-0.39, 0.29) is 21.6 Å². The van der Waals surface area contributed by atoms with Gasteiger partial charge in [-0.1, -0.05) is 12.1 Å². The van der Waals surface area contributed by atoms with Gasteiger partial charge in [0.1, 0.15) is 22.3 Å². The molecule has 0 saturated carbocycles. The number of carbonyl (C=O) groups excluding carboxylic acids is 1. The first-order chi connectivity index (χ1) is 16.5. The van der Waals surface area contributed by atoms with Crippen LogP contribution >= 0.6 is 11.3 Å². The van der Waals surface area contributed by atoms with E-state index in [0.29, 0.717) is 54.4 Å². The molecule has 2 aromatic carbocycles. The standard InChI is InChI=1S/C25H22FN3O4S/c1-2-33-20-9-7-19(8-10-20)29-24(31)22(15-17-3-5-18(26)6-4-17)34-25(29)21(16-27)23(30)28-11-13-32-14-12-28/h3-10,15H,2,11-14H2,1H3/b22-15+,25-21-. The van der Waals surface area contributed by atoms with Gasteiger partial charge in [-0.05, 0) is 55.0 Å². The summed E-state index contributed by atoms with van der Waals surface area (Å²) in [6.45, 7) is 3.90. The van der Waals surface area contributed by atoms with E-state index >= 15 is 0 Å². The van der Waals surface area contributed by atoms with Crippen LogP contribution in [0.15, 0.2) is 53.3 Å². The number of thiazole rings is 1. The third-order valence-electron chi connectivity index (χ3n) is 5.24. The number of amides is 1. The number of morpholine rings is 1. The van der Waals surface area contributed by atoms with Crippen LogP contribution in [0, 0.1) is 17.1 Å². The molecule has 0 radical (unpaired) electrons. The van der Waals surface area contributed by atoms with Crippen molar-refractivity contribution in [3.05, 3.63) is 79.5 Å². The first kappa shape index (κ1) is 23.4. The zero-order valence-corrected chi connectivity index (χ0v) is 19.3. The average molecular weight is 480 g/mol. The Morgan fingerprint density at radius 2 is 1.85 bits per heavy atom. The number of halogens is 1. The molecule has 4 rings (SSSR count). The third kappa shape index (κ3) is 4.93. The van der Waals surface area contributed by atoms with E-state index in [0.717, 1.165) is 11.3 Å². The minimum atomic E-state index is -0.444. The Hall–Kier alpha value is -3.74. The summed E-state index contributed by atoms with van der Waals surface area (Å²) in [6, 6.07) is 14.6. The van der Waals surface area contributed by atoms with Gasteiger partial charge in [-0.2, -0.15) is 5.26 Å². The van der Waals surface area contributed by atoms with E-state index in [2.05, 4.69) is 0 Å². The Labute approximate surface area is 199 Å². The van der Waals surface area contributed by atoms with E-state index in [4.69, 9.17) is 9.47 Å². The Balaban J connectivity index is 1.94. The molecule has 2 heterocycles. The second kappa shape index (κ2) is 10.5. The van der Waals surface area contributed by atoms with Gasteiger partial charge in [0.15, 0.2) is 5.57 Å². The largest absolute Gasteiger partial charge is 0.494 e. The Morgan fingerprint density at radius 3 is 2.47 bits per heavy atom. The van der Waals surface area contributed by atoms with Crippen LogP contribution < -0.4 is 19.5 Å². The molecule has 0 unspecified atom stereocenters. The molecule has 0 aliphatic carbocycles. The quantitative estimate of drug-likeness (QED) is 0.557. The molecule has 7 nitrogen and oxygen atoms in total. The van der Waals surface area contributed by atoms with Crippen molar-refractivity contribution in [2.45, 2.75) is 6.92 Å². The molecule has 34 heavy (non-hydrogen) atoms. The summed E-state index contributed by atoms with van der Waals surface area (Å²) in [7, 11) is 0. The molecular formula is C25H22FN3O4S. The zero-order chi connectivity index (χ0) is 24.1. The maximum atomic E-state index is 13.5. The normalized spacial score (nSPS) is 15.1. The molecule has 9 heteroatoms. The minimum absolute atomic E-state index is 0.114. The van der Waals surface area contributed by atoms with Crippen molar-refractivity contribution in [3.63, 3.8) is 0 Å². The molecule has 1 aliphatic rings. The van der Waals surface area contributed by atoms with Crippen LogP contribution in [-0.4, -0.2) is 48.3 Å². The second-order valence-corrected chi connectivity index (χ2v) is 8.46. The lowest BCUT2D eigenvalue weighted by molar-refractivity contribution is -0.128. The summed E-state index contributed by atoms with van der Waals surface area (Å²) < 4.78 is 26.0. The minimum Gasteiger partial charge on any atom is -0.494 e. The number of ether oxygens (including phenoxy) is 2. The maximum absolute atomic E-state index is 13.5. The molecule has 0 atom stereocenters. The number of hydrogen-bond acceptors (Lipinski definition) is 6. The molecular weight excluding hydrogens is 457 g/mol. The van der Waals surface area contributed by atoms with E-state index < -0.39 is 5.91 Å². The van der Waals surface area contributed by atoms with Gasteiger partial charge < -0.3 is 14.4 Å². The van der Waals surface area contributed by atoms with Gasteiger partial charge >= 0.3 is 0 Å². The van der Waals surface area contributed by atoms with Gasteiger partial charge in [-0.25, -0.2) is 4.39 Å². The molecule has 0 bridgehead atoms. The van der Waals surface area contributed by atoms with E-state index in [1.54, 1.807) is 47.4 Å². The summed E-state index contributed by atoms with van der Waals surface area (Å²) in [5.74, 6) is -0.185. The fourth-order valence-electron chi connectivity index (χ4n) is 3.56. The number of nitriles is 1. The Bertz CT molecular complexity index is 1400. The molecule has 0 N–H and O–H groups in total. The lowest BCUT2D eigenvalue weighted by Crippen LogP contribution is -2.42. The highest BCUT2D eigenvalue weighted by Gasteiger charge is 2.24. The van der Waals surface area contributed by atoms with E-state index in [9.17, 15) is 19.2 Å². The average Bonchev–Trinajstić information content (AvgIpc) is 3.17. The Kier molecular flexibility index (Phi) is 7.21. The summed E-state index contributed by atoms with van der Waals surface area (Å²) in [5, 5.41) is 9.94. The van der Waals surface area contributed by atoms with Crippen molar-refractivity contribution < 1.29 is 18.7 Å². The van der Waals surface area contributed by atoms with Gasteiger partial charge in [-0.15, -0.1) is 11.3 Å². The Morgan fingerprint density at radius 1 is 1.18 bits per heavy atom. The van der Waals surface area contributed by atoms with Crippen LogP contribution in [0.2, 0.25) is 0 Å². The van der Waals surface area contributed by atoms with E-state index in [1.165, 1.54) is 16.7 Å².